The van der Waals surface area contributed by atoms with E-state index in [0.29, 0.717) is 24.7 Å². The van der Waals surface area contributed by atoms with Crippen molar-refractivity contribution in [2.45, 2.75) is 26.4 Å². The number of halogens is 1. The molecule has 15 heavy (non-hydrogen) atoms. The lowest BCUT2D eigenvalue weighted by Gasteiger charge is -2.19. The molecular weight excluding hydrogens is 216 g/mol. The molecule has 2 N–H and O–H groups in total. The first-order valence-electron chi connectivity index (χ1n) is 4.82. The second-order valence-electron chi connectivity index (χ2n) is 4.12. The van der Waals surface area contributed by atoms with E-state index in [1.807, 2.05) is 20.8 Å². The van der Waals surface area contributed by atoms with Crippen LogP contribution in [0, 0.1) is 0 Å². The average molecular weight is 235 g/mol. The van der Waals surface area contributed by atoms with Gasteiger partial charge >= 0.3 is 6.09 Å². The molecule has 0 spiro atoms. The van der Waals surface area contributed by atoms with Crippen molar-refractivity contribution in [2.24, 2.45) is 0 Å². The minimum atomic E-state index is -0.456. The molecule has 5 heteroatoms. The molecule has 0 saturated carbocycles. The van der Waals surface area contributed by atoms with Crippen LogP contribution in [0.4, 0.5) is 4.79 Å². The molecule has 0 fully saturated rings. The minimum absolute atomic E-state index is 0.408. The van der Waals surface area contributed by atoms with Crippen molar-refractivity contribution in [2.75, 3.05) is 19.6 Å². The van der Waals surface area contributed by atoms with Crippen molar-refractivity contribution >= 4 is 17.7 Å². The highest BCUT2D eigenvalue weighted by Gasteiger charge is 2.15. The first-order chi connectivity index (χ1) is 6.81. The quantitative estimate of drug-likeness (QED) is 0.714. The lowest BCUT2D eigenvalue weighted by atomic mass is 10.2. The fourth-order valence-corrected chi connectivity index (χ4v) is 0.886. The van der Waals surface area contributed by atoms with Crippen LogP contribution in [-0.4, -0.2) is 31.3 Å². The SMILES string of the molecule is C=C(Cl)CNCCNC(=O)OC(C)(C)C. The highest BCUT2D eigenvalue weighted by molar-refractivity contribution is 6.29. The molecule has 0 bridgehead atoms. The lowest BCUT2D eigenvalue weighted by Crippen LogP contribution is -2.36. The van der Waals surface area contributed by atoms with Crippen LogP contribution in [-0.2, 0) is 4.74 Å². The number of nitrogens with one attached hydrogen (secondary N) is 2. The Kier molecular flexibility index (Phi) is 6.36. The highest BCUT2D eigenvalue weighted by atomic mass is 35.5. The molecule has 0 aromatic heterocycles. The Hall–Kier alpha value is -0.740. The highest BCUT2D eigenvalue weighted by Crippen LogP contribution is 2.05. The largest absolute Gasteiger partial charge is 0.444 e. The summed E-state index contributed by atoms with van der Waals surface area (Å²) in [4.78, 5) is 11.2. The van der Waals surface area contributed by atoms with Gasteiger partial charge in [0.2, 0.25) is 0 Å². The first-order valence-corrected chi connectivity index (χ1v) is 5.20. The summed E-state index contributed by atoms with van der Waals surface area (Å²) in [6, 6.07) is 0. The number of hydrogen-bond donors (Lipinski definition) is 2. The molecular formula is C10H19ClN2O2. The second kappa shape index (κ2) is 6.69. The summed E-state index contributed by atoms with van der Waals surface area (Å²) in [6.07, 6.45) is -0.408. The molecule has 0 heterocycles. The molecule has 0 aromatic rings. The Morgan fingerprint density at radius 1 is 1.40 bits per heavy atom. The van der Waals surface area contributed by atoms with E-state index in [4.69, 9.17) is 16.3 Å². The fourth-order valence-electron chi connectivity index (χ4n) is 0.791. The van der Waals surface area contributed by atoms with Gasteiger partial charge in [-0.2, -0.15) is 0 Å². The molecule has 0 rings (SSSR count). The topological polar surface area (TPSA) is 50.4 Å². The van der Waals surface area contributed by atoms with Gasteiger partial charge in [0, 0.05) is 24.7 Å². The summed E-state index contributed by atoms with van der Waals surface area (Å²) < 4.78 is 5.04. The number of hydrogen-bond acceptors (Lipinski definition) is 3. The molecule has 0 atom stereocenters. The van der Waals surface area contributed by atoms with Gasteiger partial charge in [-0.3, -0.25) is 0 Å². The number of amides is 1. The zero-order chi connectivity index (χ0) is 11.9. The standard InChI is InChI=1S/C10H19ClN2O2/c1-8(11)7-12-5-6-13-9(14)15-10(2,3)4/h12H,1,5-7H2,2-4H3,(H,13,14). The van der Waals surface area contributed by atoms with Crippen LogP contribution >= 0.6 is 11.6 Å². The fraction of sp³-hybridized carbons (Fsp3) is 0.700. The maximum atomic E-state index is 11.2. The zero-order valence-electron chi connectivity index (χ0n) is 9.52. The van der Waals surface area contributed by atoms with Crippen LogP contribution in [0.25, 0.3) is 0 Å². The normalized spacial score (nSPS) is 10.9. The van der Waals surface area contributed by atoms with Gasteiger partial charge in [0.15, 0.2) is 0 Å². The smallest absolute Gasteiger partial charge is 0.407 e. The van der Waals surface area contributed by atoms with Crippen molar-refractivity contribution in [1.82, 2.24) is 10.6 Å². The Bertz CT molecular complexity index is 224. The summed E-state index contributed by atoms with van der Waals surface area (Å²) >= 11 is 5.54. The minimum Gasteiger partial charge on any atom is -0.444 e. The molecule has 88 valence electrons. The van der Waals surface area contributed by atoms with Crippen molar-refractivity contribution in [3.8, 4) is 0 Å². The Morgan fingerprint density at radius 3 is 2.47 bits per heavy atom. The van der Waals surface area contributed by atoms with E-state index >= 15 is 0 Å². The van der Waals surface area contributed by atoms with Gasteiger partial charge in [0.25, 0.3) is 0 Å². The van der Waals surface area contributed by atoms with Crippen molar-refractivity contribution < 1.29 is 9.53 Å². The van der Waals surface area contributed by atoms with Crippen LogP contribution in [0.1, 0.15) is 20.8 Å². The average Bonchev–Trinajstić information content (AvgIpc) is 1.99. The van der Waals surface area contributed by atoms with Gasteiger partial charge in [-0.25, -0.2) is 4.79 Å². The van der Waals surface area contributed by atoms with Gasteiger partial charge in [0.05, 0.1) is 0 Å². The molecule has 0 saturated heterocycles. The van der Waals surface area contributed by atoms with E-state index in [9.17, 15) is 4.79 Å². The Labute approximate surface area is 96.0 Å². The summed E-state index contributed by atoms with van der Waals surface area (Å²) in [5.74, 6) is 0. The lowest BCUT2D eigenvalue weighted by molar-refractivity contribution is 0.0528. The summed E-state index contributed by atoms with van der Waals surface area (Å²) in [6.45, 7) is 10.7. The van der Waals surface area contributed by atoms with Gasteiger partial charge in [0.1, 0.15) is 5.60 Å². The molecule has 4 nitrogen and oxygen atoms in total. The number of carbonyl (C=O) groups is 1. The molecule has 0 unspecified atom stereocenters. The van der Waals surface area contributed by atoms with E-state index in [2.05, 4.69) is 17.2 Å². The summed E-state index contributed by atoms with van der Waals surface area (Å²) in [7, 11) is 0. The maximum Gasteiger partial charge on any atom is 0.407 e. The third kappa shape index (κ3) is 11.2. The first kappa shape index (κ1) is 14.3. The van der Waals surface area contributed by atoms with E-state index < -0.39 is 11.7 Å². The summed E-state index contributed by atoms with van der Waals surface area (Å²) in [5, 5.41) is 6.17. The van der Waals surface area contributed by atoms with Crippen LogP contribution in [0.2, 0.25) is 0 Å². The van der Waals surface area contributed by atoms with Crippen LogP contribution in [0.5, 0.6) is 0 Å². The molecule has 0 aliphatic heterocycles. The number of carbonyl (C=O) groups excluding carboxylic acids is 1. The van der Waals surface area contributed by atoms with Crippen LogP contribution < -0.4 is 10.6 Å². The number of ether oxygens (including phenoxy) is 1. The van der Waals surface area contributed by atoms with E-state index in [1.54, 1.807) is 0 Å². The van der Waals surface area contributed by atoms with Gasteiger partial charge in [-0.1, -0.05) is 18.2 Å². The summed E-state index contributed by atoms with van der Waals surface area (Å²) in [5.41, 5.74) is -0.456. The van der Waals surface area contributed by atoms with E-state index in [0.717, 1.165) is 0 Å². The maximum absolute atomic E-state index is 11.2. The molecule has 0 radical (unpaired) electrons. The van der Waals surface area contributed by atoms with Gasteiger partial charge in [-0.05, 0) is 20.8 Å². The molecule has 0 aromatic carbocycles. The van der Waals surface area contributed by atoms with E-state index in [-0.39, 0.29) is 0 Å². The van der Waals surface area contributed by atoms with E-state index in [1.165, 1.54) is 0 Å². The Balaban J connectivity index is 3.44. The van der Waals surface area contributed by atoms with Gasteiger partial charge < -0.3 is 15.4 Å². The number of alkyl carbamates (subject to hydrolysis) is 1. The third-order valence-electron chi connectivity index (χ3n) is 1.29. The predicted molar refractivity (Wildman–Crippen MR) is 62.1 cm³/mol. The monoisotopic (exact) mass is 234 g/mol. The van der Waals surface area contributed by atoms with Crippen LogP contribution in [0.3, 0.4) is 0 Å². The van der Waals surface area contributed by atoms with Gasteiger partial charge in [-0.15, -0.1) is 0 Å². The van der Waals surface area contributed by atoms with Crippen LogP contribution in [0.15, 0.2) is 11.6 Å². The van der Waals surface area contributed by atoms with Crippen molar-refractivity contribution in [3.05, 3.63) is 11.6 Å². The predicted octanol–water partition coefficient (Wildman–Crippen LogP) is 1.85. The second-order valence-corrected chi connectivity index (χ2v) is 4.66. The Morgan fingerprint density at radius 2 is 2.00 bits per heavy atom. The zero-order valence-corrected chi connectivity index (χ0v) is 10.3. The molecule has 1 amide bonds. The van der Waals surface area contributed by atoms with Crippen molar-refractivity contribution in [3.63, 3.8) is 0 Å². The van der Waals surface area contributed by atoms with Crippen molar-refractivity contribution in [1.29, 1.82) is 0 Å². The third-order valence-corrected chi connectivity index (χ3v) is 1.42. The number of rotatable bonds is 5. The molecule has 0 aliphatic carbocycles. The molecule has 0 aliphatic rings.